The third kappa shape index (κ3) is 57.4. The van der Waals surface area contributed by atoms with Crippen LogP contribution in [0, 0.1) is 23.7 Å². The van der Waals surface area contributed by atoms with Crippen molar-refractivity contribution in [1.82, 2.24) is 0 Å². The molecule has 5 N–H and O–H groups in total. The van der Waals surface area contributed by atoms with Crippen molar-refractivity contribution in [2.24, 2.45) is 23.7 Å². The molecule has 1 aliphatic carbocycles. The van der Waals surface area contributed by atoms with Crippen LogP contribution in [0.1, 0.15) is 496 Å². The van der Waals surface area contributed by atoms with Gasteiger partial charge in [0.05, 0.1) is 18.1 Å². The zero-order valence-electron chi connectivity index (χ0n) is 67.8. The SMILES string of the molecule is CCCCCCCCCCCCCCCCCCCCCCCCC(C(=O)OCC1OC(O)C(O)C(O)C1O)C(O)CCCCCCCCCCCCCCC1CC1CCCCCCCCCCCCCCCCCCCC(OC)C(C)CCCCCCCCCCCCCCCCCC. The van der Waals surface area contributed by atoms with Crippen LogP contribution in [-0.2, 0) is 19.0 Å². The first-order valence-corrected chi connectivity index (χ1v) is 45.9. The first kappa shape index (κ1) is 95.3. The van der Waals surface area contributed by atoms with Crippen LogP contribution < -0.4 is 0 Å². The Morgan fingerprint density at radius 3 is 0.900 bits per heavy atom. The molecule has 0 spiro atoms. The standard InChI is InChI=1S/C91H178O9/c1-5-7-9-11-13-15-17-19-21-23-24-25-26-27-30-34-38-45-51-57-63-69-75-83(90(96)99-79-86-87(93)88(94)89(95)91(97)100-86)84(92)76-70-64-58-52-46-41-40-44-50-56-62-68-74-82-78-81(82)73-67-61-55-49-43-37-33-29-28-31-35-39-47-53-59-65-71-77-85(98-4)80(3)72-66-60-54-48-42-36-32-22-20-18-16-14-12-10-8-6-2/h80-89,91-95,97H,5-79H2,1-4H3. The van der Waals surface area contributed by atoms with Gasteiger partial charge in [-0.05, 0) is 49.9 Å². The summed E-state index contributed by atoms with van der Waals surface area (Å²) in [6.45, 7) is 6.67. The average Bonchev–Trinajstić information content (AvgIpc) is 1.03. The second-order valence-electron chi connectivity index (χ2n) is 33.6. The number of methoxy groups -OCH3 is 1. The minimum Gasteiger partial charge on any atom is -0.463 e. The van der Waals surface area contributed by atoms with Crippen LogP contribution in [0.3, 0.4) is 0 Å². The summed E-state index contributed by atoms with van der Waals surface area (Å²) in [5.74, 6) is 1.59. The lowest BCUT2D eigenvalue weighted by Gasteiger charge is -2.38. The topological polar surface area (TPSA) is 146 Å². The van der Waals surface area contributed by atoms with Crippen LogP contribution in [0.25, 0.3) is 0 Å². The van der Waals surface area contributed by atoms with Crippen molar-refractivity contribution < 1.29 is 44.5 Å². The fraction of sp³-hybridized carbons (Fsp3) is 0.989. The van der Waals surface area contributed by atoms with E-state index in [1.807, 2.05) is 7.11 Å². The van der Waals surface area contributed by atoms with E-state index < -0.39 is 48.7 Å². The lowest BCUT2D eigenvalue weighted by atomic mass is 9.91. The van der Waals surface area contributed by atoms with Crippen molar-refractivity contribution in [3.63, 3.8) is 0 Å². The van der Waals surface area contributed by atoms with Gasteiger partial charge in [-0.15, -0.1) is 0 Å². The maximum absolute atomic E-state index is 13.5. The van der Waals surface area contributed by atoms with Gasteiger partial charge in [0, 0.05) is 7.11 Å². The van der Waals surface area contributed by atoms with E-state index in [1.54, 1.807) is 0 Å². The van der Waals surface area contributed by atoms with Crippen LogP contribution in [0.15, 0.2) is 0 Å². The largest absolute Gasteiger partial charge is 0.463 e. The number of aliphatic hydroxyl groups excluding tert-OH is 5. The van der Waals surface area contributed by atoms with Gasteiger partial charge in [0.1, 0.15) is 31.0 Å². The van der Waals surface area contributed by atoms with Crippen molar-refractivity contribution in [2.75, 3.05) is 13.7 Å². The first-order chi connectivity index (χ1) is 49.1. The summed E-state index contributed by atoms with van der Waals surface area (Å²) in [7, 11) is 1.95. The molecule has 2 aliphatic rings. The van der Waals surface area contributed by atoms with Gasteiger partial charge in [0.25, 0.3) is 0 Å². The van der Waals surface area contributed by atoms with Gasteiger partial charge in [-0.25, -0.2) is 0 Å². The Balaban J connectivity index is 1.34. The molecule has 100 heavy (non-hydrogen) atoms. The highest BCUT2D eigenvalue weighted by Gasteiger charge is 2.44. The average molecular weight is 1420 g/mol. The lowest BCUT2D eigenvalue weighted by Crippen LogP contribution is -2.58. The Labute approximate surface area is 623 Å². The number of carbonyl (C=O) groups is 1. The monoisotopic (exact) mass is 1420 g/mol. The third-order valence-corrected chi connectivity index (χ3v) is 24.1. The molecule has 1 heterocycles. The molecule has 596 valence electrons. The summed E-state index contributed by atoms with van der Waals surface area (Å²) < 4.78 is 16.8. The molecule has 11 atom stereocenters. The van der Waals surface area contributed by atoms with Crippen molar-refractivity contribution in [1.29, 1.82) is 0 Å². The van der Waals surface area contributed by atoms with E-state index in [1.165, 1.54) is 424 Å². The number of ether oxygens (including phenoxy) is 3. The molecular formula is C91H178O9. The normalized spacial score (nSPS) is 19.8. The summed E-state index contributed by atoms with van der Waals surface area (Å²) in [6, 6.07) is 0. The Bertz CT molecular complexity index is 1650. The van der Waals surface area contributed by atoms with E-state index in [2.05, 4.69) is 20.8 Å². The highest BCUT2D eigenvalue weighted by atomic mass is 16.7. The first-order valence-electron chi connectivity index (χ1n) is 45.9. The van der Waals surface area contributed by atoms with Crippen LogP contribution in [0.2, 0.25) is 0 Å². The van der Waals surface area contributed by atoms with E-state index in [4.69, 9.17) is 14.2 Å². The molecule has 0 aromatic carbocycles. The molecule has 11 unspecified atom stereocenters. The van der Waals surface area contributed by atoms with Gasteiger partial charge in [-0.1, -0.05) is 464 Å². The van der Waals surface area contributed by atoms with Gasteiger partial charge in [0.2, 0.25) is 0 Å². The number of unbranched alkanes of at least 4 members (excludes halogenated alkanes) is 63. The van der Waals surface area contributed by atoms with E-state index >= 15 is 0 Å². The number of hydrogen-bond acceptors (Lipinski definition) is 9. The zero-order valence-corrected chi connectivity index (χ0v) is 67.8. The number of carbonyl (C=O) groups excluding carboxylic acids is 1. The third-order valence-electron chi connectivity index (χ3n) is 24.1. The number of esters is 1. The van der Waals surface area contributed by atoms with Gasteiger partial charge in [-0.2, -0.15) is 0 Å². The second-order valence-corrected chi connectivity index (χ2v) is 33.6. The number of aliphatic hydroxyl groups is 5. The molecule has 0 aromatic rings. The molecule has 0 radical (unpaired) electrons. The summed E-state index contributed by atoms with van der Waals surface area (Å²) in [6.07, 6.45) is 92.1. The predicted molar refractivity (Wildman–Crippen MR) is 429 cm³/mol. The summed E-state index contributed by atoms with van der Waals surface area (Å²) >= 11 is 0. The van der Waals surface area contributed by atoms with E-state index in [-0.39, 0.29) is 6.61 Å². The zero-order chi connectivity index (χ0) is 72.1. The second kappa shape index (κ2) is 72.4. The molecule has 9 nitrogen and oxygen atoms in total. The fourth-order valence-electron chi connectivity index (χ4n) is 16.8. The summed E-state index contributed by atoms with van der Waals surface area (Å²) in [5, 5.41) is 51.8. The highest BCUT2D eigenvalue weighted by molar-refractivity contribution is 5.73. The minimum absolute atomic E-state index is 0.372. The Kier molecular flexibility index (Phi) is 69.0. The summed E-state index contributed by atoms with van der Waals surface area (Å²) in [4.78, 5) is 13.5. The van der Waals surface area contributed by atoms with Crippen LogP contribution in [0.4, 0.5) is 0 Å². The maximum atomic E-state index is 13.5. The number of rotatable bonds is 81. The molecule has 0 bridgehead atoms. The van der Waals surface area contributed by atoms with Gasteiger partial charge in [-0.3, -0.25) is 4.79 Å². The van der Waals surface area contributed by atoms with Crippen LogP contribution >= 0.6 is 0 Å². The molecule has 1 aliphatic heterocycles. The fourth-order valence-corrected chi connectivity index (χ4v) is 16.8. The van der Waals surface area contributed by atoms with Crippen molar-refractivity contribution in [2.45, 2.75) is 539 Å². The molecule has 2 rings (SSSR count). The van der Waals surface area contributed by atoms with E-state index in [9.17, 15) is 30.3 Å². The molecule has 1 saturated heterocycles. The Hall–Kier alpha value is -0.810. The summed E-state index contributed by atoms with van der Waals surface area (Å²) in [5.41, 5.74) is 0. The van der Waals surface area contributed by atoms with Crippen LogP contribution in [0.5, 0.6) is 0 Å². The van der Waals surface area contributed by atoms with Gasteiger partial charge in [0.15, 0.2) is 6.29 Å². The van der Waals surface area contributed by atoms with E-state index in [0.717, 1.165) is 50.4 Å². The molecule has 9 heteroatoms. The smallest absolute Gasteiger partial charge is 0.311 e. The lowest BCUT2D eigenvalue weighted by molar-refractivity contribution is -0.287. The van der Waals surface area contributed by atoms with Crippen LogP contribution in [-0.4, -0.2) is 88.1 Å². The quantitative estimate of drug-likeness (QED) is 0.0297. The minimum atomic E-state index is -1.69. The van der Waals surface area contributed by atoms with Gasteiger partial charge >= 0.3 is 5.97 Å². The highest BCUT2D eigenvalue weighted by Crippen LogP contribution is 2.46. The van der Waals surface area contributed by atoms with Crippen molar-refractivity contribution in [3.8, 4) is 0 Å². The Morgan fingerprint density at radius 2 is 0.600 bits per heavy atom. The molecule has 1 saturated carbocycles. The van der Waals surface area contributed by atoms with E-state index in [0.29, 0.717) is 24.9 Å². The maximum Gasteiger partial charge on any atom is 0.311 e. The number of hydrogen-bond donors (Lipinski definition) is 5. The van der Waals surface area contributed by atoms with Crippen molar-refractivity contribution >= 4 is 5.97 Å². The van der Waals surface area contributed by atoms with Gasteiger partial charge < -0.3 is 39.7 Å². The Morgan fingerprint density at radius 1 is 0.340 bits per heavy atom. The van der Waals surface area contributed by atoms with Crippen molar-refractivity contribution in [3.05, 3.63) is 0 Å². The molecular weight excluding hydrogens is 1240 g/mol. The molecule has 2 fully saturated rings. The predicted octanol–water partition coefficient (Wildman–Crippen LogP) is 27.1. The molecule has 0 amide bonds. The molecule has 0 aromatic heterocycles.